The lowest BCUT2D eigenvalue weighted by Crippen LogP contribution is -2.16. The number of rotatable bonds is 4. The highest BCUT2D eigenvalue weighted by Crippen LogP contribution is 2.17. The second kappa shape index (κ2) is 5.86. The standard InChI is InChI=1S/C13H15NO4/c1-8(9(2)13(16)17)12(15)14-10-5-4-6-11(7-10)18-3/h4-7H,1-3H3,(H,14,15)(H,16,17). The average molecular weight is 249 g/mol. The average Bonchev–Trinajstić information content (AvgIpc) is 2.36. The summed E-state index contributed by atoms with van der Waals surface area (Å²) in [5.41, 5.74) is 0.748. The van der Waals surface area contributed by atoms with Crippen LogP contribution >= 0.6 is 0 Å². The van der Waals surface area contributed by atoms with Crippen LogP contribution in [0.1, 0.15) is 13.8 Å². The summed E-state index contributed by atoms with van der Waals surface area (Å²) in [5, 5.41) is 11.4. The van der Waals surface area contributed by atoms with E-state index >= 15 is 0 Å². The van der Waals surface area contributed by atoms with E-state index in [0.29, 0.717) is 11.4 Å². The molecule has 0 aliphatic rings. The van der Waals surface area contributed by atoms with Crippen molar-refractivity contribution in [1.82, 2.24) is 0 Å². The quantitative estimate of drug-likeness (QED) is 0.801. The van der Waals surface area contributed by atoms with Gasteiger partial charge in [-0.3, -0.25) is 4.79 Å². The summed E-state index contributed by atoms with van der Waals surface area (Å²) in [7, 11) is 1.53. The third-order valence-electron chi connectivity index (χ3n) is 2.55. The summed E-state index contributed by atoms with van der Waals surface area (Å²) in [6.07, 6.45) is 0. The molecule has 5 heteroatoms. The lowest BCUT2D eigenvalue weighted by Gasteiger charge is -2.08. The van der Waals surface area contributed by atoms with Gasteiger partial charge in [-0.2, -0.15) is 0 Å². The Hall–Kier alpha value is -2.30. The fraction of sp³-hybridized carbons (Fsp3) is 0.231. The maximum absolute atomic E-state index is 11.8. The van der Waals surface area contributed by atoms with Crippen molar-refractivity contribution in [2.75, 3.05) is 12.4 Å². The summed E-state index contributed by atoms with van der Waals surface area (Å²) >= 11 is 0. The first-order chi connectivity index (χ1) is 8.45. The van der Waals surface area contributed by atoms with E-state index in [0.717, 1.165) is 0 Å². The third-order valence-corrected chi connectivity index (χ3v) is 2.55. The van der Waals surface area contributed by atoms with Crippen molar-refractivity contribution in [2.24, 2.45) is 0 Å². The molecule has 0 unspecified atom stereocenters. The number of ether oxygens (including phenoxy) is 1. The molecule has 1 rings (SSSR count). The molecule has 0 saturated heterocycles. The van der Waals surface area contributed by atoms with Gasteiger partial charge in [-0.15, -0.1) is 0 Å². The molecule has 0 bridgehead atoms. The molecule has 5 nitrogen and oxygen atoms in total. The van der Waals surface area contributed by atoms with Gasteiger partial charge >= 0.3 is 5.97 Å². The molecular formula is C13H15NO4. The first-order valence-corrected chi connectivity index (χ1v) is 5.32. The van der Waals surface area contributed by atoms with Crippen LogP contribution in [-0.4, -0.2) is 24.1 Å². The van der Waals surface area contributed by atoms with Gasteiger partial charge in [-0.05, 0) is 26.0 Å². The van der Waals surface area contributed by atoms with E-state index in [1.54, 1.807) is 24.3 Å². The highest BCUT2D eigenvalue weighted by molar-refractivity contribution is 6.08. The predicted molar refractivity (Wildman–Crippen MR) is 67.6 cm³/mol. The highest BCUT2D eigenvalue weighted by atomic mass is 16.5. The van der Waals surface area contributed by atoms with Crippen LogP contribution in [0.5, 0.6) is 5.75 Å². The Labute approximate surface area is 105 Å². The SMILES string of the molecule is COc1cccc(NC(=O)C(C)=C(C)C(=O)O)c1. The summed E-state index contributed by atoms with van der Waals surface area (Å²) < 4.78 is 5.03. The van der Waals surface area contributed by atoms with Gasteiger partial charge in [0.15, 0.2) is 0 Å². The fourth-order valence-electron chi connectivity index (χ4n) is 1.26. The predicted octanol–water partition coefficient (Wildman–Crippen LogP) is 2.05. The van der Waals surface area contributed by atoms with Crippen LogP contribution < -0.4 is 10.1 Å². The Morgan fingerprint density at radius 2 is 1.89 bits per heavy atom. The first kappa shape index (κ1) is 13.8. The number of carbonyl (C=O) groups is 2. The van der Waals surface area contributed by atoms with Crippen molar-refractivity contribution in [3.8, 4) is 5.75 Å². The van der Waals surface area contributed by atoms with Crippen LogP contribution in [-0.2, 0) is 9.59 Å². The lowest BCUT2D eigenvalue weighted by atomic mass is 10.1. The van der Waals surface area contributed by atoms with Crippen molar-refractivity contribution in [3.05, 3.63) is 35.4 Å². The number of hydrogen-bond donors (Lipinski definition) is 2. The third kappa shape index (κ3) is 3.35. The maximum atomic E-state index is 11.8. The van der Waals surface area contributed by atoms with Crippen LogP contribution in [0.25, 0.3) is 0 Å². The van der Waals surface area contributed by atoms with Crippen LogP contribution in [0.2, 0.25) is 0 Å². The van der Waals surface area contributed by atoms with Gasteiger partial charge in [0, 0.05) is 22.9 Å². The number of anilines is 1. The fourth-order valence-corrected chi connectivity index (χ4v) is 1.26. The van der Waals surface area contributed by atoms with Crippen LogP contribution in [0, 0.1) is 0 Å². The Morgan fingerprint density at radius 1 is 1.22 bits per heavy atom. The molecule has 0 atom stereocenters. The van der Waals surface area contributed by atoms with Gasteiger partial charge in [0.1, 0.15) is 5.75 Å². The molecule has 96 valence electrons. The normalized spacial score (nSPS) is 11.5. The molecule has 1 aromatic carbocycles. The van der Waals surface area contributed by atoms with E-state index in [1.807, 2.05) is 0 Å². The van der Waals surface area contributed by atoms with Crippen molar-refractivity contribution in [2.45, 2.75) is 13.8 Å². The van der Waals surface area contributed by atoms with Crippen molar-refractivity contribution >= 4 is 17.6 Å². The molecule has 0 spiro atoms. The summed E-state index contributed by atoms with van der Waals surface area (Å²) in [5.74, 6) is -0.930. The van der Waals surface area contributed by atoms with E-state index in [-0.39, 0.29) is 11.1 Å². The Morgan fingerprint density at radius 3 is 2.44 bits per heavy atom. The molecule has 1 amide bonds. The second-order valence-electron chi connectivity index (χ2n) is 3.74. The van der Waals surface area contributed by atoms with Gasteiger partial charge in [0.25, 0.3) is 5.91 Å². The van der Waals surface area contributed by atoms with Gasteiger partial charge in [-0.1, -0.05) is 6.07 Å². The number of amides is 1. The van der Waals surface area contributed by atoms with Crippen LogP contribution in [0.4, 0.5) is 5.69 Å². The van der Waals surface area contributed by atoms with Gasteiger partial charge in [-0.25, -0.2) is 4.79 Å². The van der Waals surface area contributed by atoms with E-state index < -0.39 is 11.9 Å². The number of aliphatic carboxylic acids is 1. The smallest absolute Gasteiger partial charge is 0.331 e. The van der Waals surface area contributed by atoms with Gasteiger partial charge in [0.2, 0.25) is 0 Å². The molecular weight excluding hydrogens is 234 g/mol. The minimum absolute atomic E-state index is 0.0235. The molecule has 0 aliphatic heterocycles. The molecule has 1 aromatic rings. The summed E-state index contributed by atoms with van der Waals surface area (Å²) in [6, 6.07) is 6.84. The van der Waals surface area contributed by atoms with Crippen LogP contribution in [0.15, 0.2) is 35.4 Å². The number of benzene rings is 1. The second-order valence-corrected chi connectivity index (χ2v) is 3.74. The van der Waals surface area contributed by atoms with E-state index in [2.05, 4.69) is 5.32 Å². The molecule has 0 aliphatic carbocycles. The van der Waals surface area contributed by atoms with Crippen molar-refractivity contribution < 1.29 is 19.4 Å². The number of hydrogen-bond acceptors (Lipinski definition) is 3. The molecule has 18 heavy (non-hydrogen) atoms. The number of carboxylic acid groups (broad SMARTS) is 1. The van der Waals surface area contributed by atoms with E-state index in [1.165, 1.54) is 21.0 Å². The van der Waals surface area contributed by atoms with Crippen molar-refractivity contribution in [3.63, 3.8) is 0 Å². The topological polar surface area (TPSA) is 75.6 Å². The van der Waals surface area contributed by atoms with Gasteiger partial charge in [0.05, 0.1) is 7.11 Å². The summed E-state index contributed by atoms with van der Waals surface area (Å²) in [4.78, 5) is 22.5. The highest BCUT2D eigenvalue weighted by Gasteiger charge is 2.12. The number of carbonyl (C=O) groups excluding carboxylic acids is 1. The largest absolute Gasteiger partial charge is 0.497 e. The molecule has 0 heterocycles. The molecule has 0 aromatic heterocycles. The number of methoxy groups -OCH3 is 1. The number of nitrogens with one attached hydrogen (secondary N) is 1. The number of carboxylic acids is 1. The maximum Gasteiger partial charge on any atom is 0.331 e. The molecule has 0 fully saturated rings. The Balaban J connectivity index is 2.88. The zero-order chi connectivity index (χ0) is 13.7. The Kier molecular flexibility index (Phi) is 4.48. The van der Waals surface area contributed by atoms with Gasteiger partial charge < -0.3 is 15.2 Å². The molecule has 0 saturated carbocycles. The minimum atomic E-state index is -1.10. The zero-order valence-electron chi connectivity index (χ0n) is 10.5. The molecule has 2 N–H and O–H groups in total. The molecule has 0 radical (unpaired) electrons. The minimum Gasteiger partial charge on any atom is -0.497 e. The Bertz CT molecular complexity index is 505. The van der Waals surface area contributed by atoms with E-state index in [9.17, 15) is 9.59 Å². The van der Waals surface area contributed by atoms with Crippen LogP contribution in [0.3, 0.4) is 0 Å². The zero-order valence-corrected chi connectivity index (χ0v) is 10.5. The van der Waals surface area contributed by atoms with E-state index in [4.69, 9.17) is 9.84 Å². The monoisotopic (exact) mass is 249 g/mol. The summed E-state index contributed by atoms with van der Waals surface area (Å²) in [6.45, 7) is 2.86. The lowest BCUT2D eigenvalue weighted by molar-refractivity contribution is -0.133. The van der Waals surface area contributed by atoms with Crippen molar-refractivity contribution in [1.29, 1.82) is 0 Å². The first-order valence-electron chi connectivity index (χ1n) is 5.32.